The number of rotatable bonds is 0. The van der Waals surface area contributed by atoms with E-state index < -0.39 is 19.1 Å². The van der Waals surface area contributed by atoms with E-state index in [9.17, 15) is 0 Å². The first kappa shape index (κ1) is 16.4. The zero-order valence-electron chi connectivity index (χ0n) is 4.10. The fraction of sp³-hybridized carbons (Fsp3) is 0. The van der Waals surface area contributed by atoms with Crippen molar-refractivity contribution in [1.82, 2.24) is 0 Å². The van der Waals surface area contributed by atoms with E-state index in [-0.39, 0.29) is 23.9 Å². The van der Waals surface area contributed by atoms with Crippen molar-refractivity contribution in [1.29, 1.82) is 0 Å². The second-order valence-corrected chi connectivity index (χ2v) is 1.50. The minimum absolute atomic E-state index is 0. The summed E-state index contributed by atoms with van der Waals surface area (Å²) in [4.78, 5) is 7.04. The van der Waals surface area contributed by atoms with Crippen LogP contribution in [0, 0.1) is 0 Å². The molecule has 0 saturated heterocycles. The maximum absolute atomic E-state index is 8.52. The van der Waals surface area contributed by atoms with Gasteiger partial charge in [-0.25, -0.2) is 0 Å². The molecule has 0 aliphatic rings. The van der Waals surface area contributed by atoms with Gasteiger partial charge in [0.25, 0.3) is 0 Å². The Kier molecular flexibility index (Phi) is 15.9. The standard InChI is InChI=1S/H2O4S.HO2P.Sn.2H/c1-5(2,3)4;1-3-2;;;/h(H2,1,2,3,4);3H;;;/q;;+2;;/p-1. The van der Waals surface area contributed by atoms with Crippen molar-refractivity contribution < 1.29 is 27.0 Å². The summed E-state index contributed by atoms with van der Waals surface area (Å²) in [6.45, 7) is 0. The van der Waals surface area contributed by atoms with Crippen molar-refractivity contribution in [2.75, 3.05) is 0 Å². The average molecular weight is 282 g/mol. The van der Waals surface area contributed by atoms with Gasteiger partial charge in [0.2, 0.25) is 0 Å². The van der Waals surface area contributed by atoms with Gasteiger partial charge in [0.15, 0.2) is 0 Å². The molecule has 1 atom stereocenters. The zero-order chi connectivity index (χ0) is 7.21. The van der Waals surface area contributed by atoms with Crippen molar-refractivity contribution in [2.24, 2.45) is 0 Å². The Morgan fingerprint density at radius 1 is 1.33 bits per heavy atom. The van der Waals surface area contributed by atoms with Crippen LogP contribution in [-0.4, -0.2) is 46.3 Å². The normalized spacial score (nSPS) is 8.78. The van der Waals surface area contributed by atoms with Crippen LogP contribution in [0.15, 0.2) is 0 Å². The van der Waals surface area contributed by atoms with Gasteiger partial charge in [-0.3, -0.25) is 8.42 Å². The topological polar surface area (TPSA) is 118 Å². The molecule has 0 spiro atoms. The van der Waals surface area contributed by atoms with Crippen molar-refractivity contribution in [3.05, 3.63) is 0 Å². The van der Waals surface area contributed by atoms with Crippen LogP contribution in [0.4, 0.5) is 0 Å². The second-order valence-electron chi connectivity index (χ2n) is 0.500. The molecule has 0 bridgehead atoms. The van der Waals surface area contributed by atoms with Crippen molar-refractivity contribution in [3.8, 4) is 0 Å². The molecular formula is H4O6PSSn+. The molecule has 0 aromatic heterocycles. The molecule has 9 heavy (non-hydrogen) atoms. The molecule has 0 aromatic carbocycles. The van der Waals surface area contributed by atoms with Gasteiger partial charge in [-0.05, 0) is 4.57 Å². The molecule has 1 unspecified atom stereocenters. The van der Waals surface area contributed by atoms with Crippen LogP contribution in [0.1, 0.15) is 0 Å². The Morgan fingerprint density at radius 3 is 1.33 bits per heavy atom. The van der Waals surface area contributed by atoms with Gasteiger partial charge >= 0.3 is 32.6 Å². The van der Waals surface area contributed by atoms with E-state index in [4.69, 9.17) is 27.0 Å². The SMILES string of the molecule is O=S(=O)([O-])[O-].O=[PH+]O.[SnH2+2]. The summed E-state index contributed by atoms with van der Waals surface area (Å²) in [5, 5.41) is 0. The molecule has 0 heterocycles. The predicted octanol–water partition coefficient (Wildman–Crippen LogP) is -2.34. The van der Waals surface area contributed by atoms with Crippen LogP contribution in [0.25, 0.3) is 0 Å². The minimum atomic E-state index is -5.17. The Bertz CT molecular complexity index is 127. The Hall–Kier alpha value is 0.729. The van der Waals surface area contributed by atoms with E-state index >= 15 is 0 Å². The summed E-state index contributed by atoms with van der Waals surface area (Å²) < 4.78 is 42.6. The van der Waals surface area contributed by atoms with Crippen LogP contribution in [0.2, 0.25) is 0 Å². The van der Waals surface area contributed by atoms with Crippen molar-refractivity contribution in [3.63, 3.8) is 0 Å². The molecule has 0 aromatic rings. The molecule has 0 radical (unpaired) electrons. The average Bonchev–Trinajstić information content (AvgIpc) is 1.27. The fourth-order valence-corrected chi connectivity index (χ4v) is 0. The molecule has 0 aliphatic heterocycles. The first-order chi connectivity index (χ1) is 3.41. The third-order valence-electron chi connectivity index (χ3n) is 0. The molecule has 0 rings (SSSR count). The quantitative estimate of drug-likeness (QED) is 0.230. The third kappa shape index (κ3) is 744. The van der Waals surface area contributed by atoms with Crippen LogP contribution < -0.4 is 0 Å². The van der Waals surface area contributed by atoms with Crippen molar-refractivity contribution in [2.45, 2.75) is 0 Å². The first-order valence-electron chi connectivity index (χ1n) is 1.09. The summed E-state index contributed by atoms with van der Waals surface area (Å²) in [5.74, 6) is 0. The van der Waals surface area contributed by atoms with E-state index in [1.807, 2.05) is 0 Å². The Labute approximate surface area is 70.1 Å². The van der Waals surface area contributed by atoms with Gasteiger partial charge in [-0.2, -0.15) is 4.89 Å². The van der Waals surface area contributed by atoms with E-state index in [1.165, 1.54) is 0 Å². The molecule has 0 fully saturated rings. The molecule has 0 aliphatic carbocycles. The van der Waals surface area contributed by atoms with Gasteiger partial charge in [-0.1, -0.05) is 0 Å². The predicted molar refractivity (Wildman–Crippen MR) is 30.2 cm³/mol. The van der Waals surface area contributed by atoms with Gasteiger partial charge in [-0.15, -0.1) is 0 Å². The second kappa shape index (κ2) is 8.73. The molecule has 6 nitrogen and oxygen atoms in total. The monoisotopic (exact) mass is 283 g/mol. The molecule has 54 valence electrons. The number of hydrogen-bond acceptors (Lipinski definition) is 5. The molecule has 0 amide bonds. The molecular weight excluding hydrogens is 278 g/mol. The zero-order valence-corrected chi connectivity index (χ0v) is 9.96. The maximum atomic E-state index is 8.52. The van der Waals surface area contributed by atoms with Crippen LogP contribution in [0.3, 0.4) is 0 Å². The van der Waals surface area contributed by atoms with Gasteiger partial charge < -0.3 is 9.11 Å². The van der Waals surface area contributed by atoms with Crippen LogP contribution >= 0.6 is 8.69 Å². The van der Waals surface area contributed by atoms with E-state index in [0.717, 1.165) is 0 Å². The van der Waals surface area contributed by atoms with Gasteiger partial charge in [0.1, 0.15) is 0 Å². The van der Waals surface area contributed by atoms with E-state index in [2.05, 4.69) is 0 Å². The van der Waals surface area contributed by atoms with E-state index in [0.29, 0.717) is 0 Å². The Balaban J connectivity index is -0.0000000800. The van der Waals surface area contributed by atoms with Crippen LogP contribution in [0.5, 0.6) is 0 Å². The summed E-state index contributed by atoms with van der Waals surface area (Å²) in [7, 11) is -6.33. The first-order valence-corrected chi connectivity index (χ1v) is 3.28. The Morgan fingerprint density at radius 2 is 1.33 bits per heavy atom. The van der Waals surface area contributed by atoms with Crippen molar-refractivity contribution >= 4 is 43.0 Å². The van der Waals surface area contributed by atoms with Gasteiger partial charge in [0, 0.05) is 10.4 Å². The third-order valence-corrected chi connectivity index (χ3v) is 0. The van der Waals surface area contributed by atoms with Crippen LogP contribution in [-0.2, 0) is 15.0 Å². The van der Waals surface area contributed by atoms with Gasteiger partial charge in [0.05, 0.1) is 0 Å². The molecule has 9 heteroatoms. The fourth-order valence-electron chi connectivity index (χ4n) is 0. The summed E-state index contributed by atoms with van der Waals surface area (Å²) in [6, 6.07) is 0. The van der Waals surface area contributed by atoms with E-state index in [1.54, 1.807) is 0 Å². The summed E-state index contributed by atoms with van der Waals surface area (Å²) in [5.41, 5.74) is 0. The summed E-state index contributed by atoms with van der Waals surface area (Å²) >= 11 is 0. The molecule has 0 saturated carbocycles. The molecule has 1 N–H and O–H groups in total. The number of hydrogen-bond donors (Lipinski definition) is 1. The summed E-state index contributed by atoms with van der Waals surface area (Å²) in [6.07, 6.45) is 0.